The summed E-state index contributed by atoms with van der Waals surface area (Å²) in [5, 5.41) is 0. The maximum Gasteiger partial charge on any atom is 0.142 e. The highest BCUT2D eigenvalue weighted by molar-refractivity contribution is 5.65. The molecule has 0 rings (SSSR count). The molecule has 0 bridgehead atoms. The summed E-state index contributed by atoms with van der Waals surface area (Å²) in [6, 6.07) is 0. The zero-order chi connectivity index (χ0) is 8.69. The number of allylic oxidation sites excluding steroid dienone is 1. The SMILES string of the molecule is CCC(CC(C)=CC=O)OC. The van der Waals surface area contributed by atoms with Gasteiger partial charge in [-0.25, -0.2) is 0 Å². The van der Waals surface area contributed by atoms with Crippen molar-refractivity contribution >= 4 is 6.29 Å². The largest absolute Gasteiger partial charge is 0.381 e. The Morgan fingerprint density at radius 1 is 1.64 bits per heavy atom. The van der Waals surface area contributed by atoms with Crippen molar-refractivity contribution in [3.8, 4) is 0 Å². The molecule has 0 radical (unpaired) electrons. The van der Waals surface area contributed by atoms with Crippen molar-refractivity contribution in [2.24, 2.45) is 0 Å². The smallest absolute Gasteiger partial charge is 0.142 e. The van der Waals surface area contributed by atoms with Crippen molar-refractivity contribution in [2.45, 2.75) is 32.8 Å². The number of carbonyl (C=O) groups excluding carboxylic acids is 1. The number of rotatable bonds is 5. The van der Waals surface area contributed by atoms with Crippen LogP contribution in [-0.4, -0.2) is 19.5 Å². The van der Waals surface area contributed by atoms with E-state index in [-0.39, 0.29) is 6.10 Å². The quantitative estimate of drug-likeness (QED) is 0.449. The zero-order valence-electron chi connectivity index (χ0n) is 7.46. The predicted molar refractivity (Wildman–Crippen MR) is 45.5 cm³/mol. The molecule has 64 valence electrons. The minimum Gasteiger partial charge on any atom is -0.381 e. The van der Waals surface area contributed by atoms with E-state index in [2.05, 4.69) is 6.92 Å². The van der Waals surface area contributed by atoms with Gasteiger partial charge in [-0.15, -0.1) is 0 Å². The summed E-state index contributed by atoms with van der Waals surface area (Å²) in [7, 11) is 1.70. The first-order valence-corrected chi connectivity index (χ1v) is 3.88. The Hall–Kier alpha value is -0.630. The number of hydrogen-bond acceptors (Lipinski definition) is 2. The maximum absolute atomic E-state index is 10.1. The van der Waals surface area contributed by atoms with Crippen molar-refractivity contribution in [1.29, 1.82) is 0 Å². The lowest BCUT2D eigenvalue weighted by molar-refractivity contribution is -0.104. The van der Waals surface area contributed by atoms with Crippen LogP contribution in [0.1, 0.15) is 26.7 Å². The fraction of sp³-hybridized carbons (Fsp3) is 0.667. The zero-order valence-corrected chi connectivity index (χ0v) is 7.46. The standard InChI is InChI=1S/C9H16O2/c1-4-9(11-3)7-8(2)5-6-10/h5-6,9H,4,7H2,1-3H3. The van der Waals surface area contributed by atoms with Gasteiger partial charge in [0, 0.05) is 7.11 Å². The molecule has 0 aliphatic rings. The van der Waals surface area contributed by atoms with E-state index < -0.39 is 0 Å². The van der Waals surface area contributed by atoms with E-state index in [0.29, 0.717) is 0 Å². The molecule has 0 amide bonds. The van der Waals surface area contributed by atoms with Crippen LogP contribution in [0.3, 0.4) is 0 Å². The second-order valence-electron chi connectivity index (χ2n) is 2.62. The molecular weight excluding hydrogens is 140 g/mol. The topological polar surface area (TPSA) is 26.3 Å². The van der Waals surface area contributed by atoms with Gasteiger partial charge in [0.25, 0.3) is 0 Å². The average molecular weight is 156 g/mol. The van der Waals surface area contributed by atoms with E-state index in [1.54, 1.807) is 13.2 Å². The summed E-state index contributed by atoms with van der Waals surface area (Å²) in [5.74, 6) is 0. The number of aldehydes is 1. The lowest BCUT2D eigenvalue weighted by atomic mass is 10.1. The van der Waals surface area contributed by atoms with Crippen LogP contribution in [-0.2, 0) is 9.53 Å². The van der Waals surface area contributed by atoms with E-state index in [9.17, 15) is 4.79 Å². The van der Waals surface area contributed by atoms with Crippen LogP contribution in [0, 0.1) is 0 Å². The third-order valence-corrected chi connectivity index (χ3v) is 1.69. The highest BCUT2D eigenvalue weighted by Gasteiger charge is 2.03. The normalized spacial score (nSPS) is 14.6. The van der Waals surface area contributed by atoms with Crippen molar-refractivity contribution in [3.05, 3.63) is 11.6 Å². The van der Waals surface area contributed by atoms with E-state index in [1.165, 1.54) is 0 Å². The van der Waals surface area contributed by atoms with Crippen LogP contribution in [0.25, 0.3) is 0 Å². The molecule has 0 aromatic heterocycles. The Morgan fingerprint density at radius 3 is 2.64 bits per heavy atom. The van der Waals surface area contributed by atoms with Crippen LogP contribution < -0.4 is 0 Å². The fourth-order valence-corrected chi connectivity index (χ4v) is 0.938. The molecule has 0 spiro atoms. The van der Waals surface area contributed by atoms with E-state index in [4.69, 9.17) is 4.74 Å². The molecule has 11 heavy (non-hydrogen) atoms. The number of hydrogen-bond donors (Lipinski definition) is 0. The molecule has 2 nitrogen and oxygen atoms in total. The summed E-state index contributed by atoms with van der Waals surface area (Å²) in [6.45, 7) is 4.01. The summed E-state index contributed by atoms with van der Waals surface area (Å²) >= 11 is 0. The molecular formula is C9H16O2. The fourth-order valence-electron chi connectivity index (χ4n) is 0.938. The van der Waals surface area contributed by atoms with E-state index >= 15 is 0 Å². The highest BCUT2D eigenvalue weighted by Crippen LogP contribution is 2.09. The van der Waals surface area contributed by atoms with E-state index in [1.807, 2.05) is 6.92 Å². The molecule has 1 atom stereocenters. The predicted octanol–water partition coefficient (Wildman–Crippen LogP) is 1.95. The Morgan fingerprint density at radius 2 is 2.27 bits per heavy atom. The molecule has 0 aromatic rings. The van der Waals surface area contributed by atoms with Gasteiger partial charge in [0.05, 0.1) is 6.10 Å². The van der Waals surface area contributed by atoms with Gasteiger partial charge in [0.15, 0.2) is 0 Å². The Bertz CT molecular complexity index is 134. The molecule has 0 aliphatic carbocycles. The van der Waals surface area contributed by atoms with Gasteiger partial charge in [0.2, 0.25) is 0 Å². The molecule has 0 saturated heterocycles. The van der Waals surface area contributed by atoms with Crippen LogP contribution in [0.5, 0.6) is 0 Å². The first kappa shape index (κ1) is 10.4. The van der Waals surface area contributed by atoms with Gasteiger partial charge in [-0.2, -0.15) is 0 Å². The second-order valence-corrected chi connectivity index (χ2v) is 2.62. The van der Waals surface area contributed by atoms with Crippen LogP contribution in [0.2, 0.25) is 0 Å². The van der Waals surface area contributed by atoms with Crippen molar-refractivity contribution < 1.29 is 9.53 Å². The summed E-state index contributed by atoms with van der Waals surface area (Å²) < 4.78 is 5.16. The number of methoxy groups -OCH3 is 1. The molecule has 0 heterocycles. The second kappa shape index (κ2) is 6.10. The molecule has 0 saturated carbocycles. The van der Waals surface area contributed by atoms with Crippen LogP contribution in [0.15, 0.2) is 11.6 Å². The van der Waals surface area contributed by atoms with Crippen LogP contribution >= 0.6 is 0 Å². The Kier molecular flexibility index (Phi) is 5.75. The third kappa shape index (κ3) is 4.73. The average Bonchev–Trinajstić information content (AvgIpc) is 2.01. The summed E-state index contributed by atoms with van der Waals surface area (Å²) in [5.41, 5.74) is 1.08. The van der Waals surface area contributed by atoms with E-state index in [0.717, 1.165) is 24.7 Å². The van der Waals surface area contributed by atoms with Gasteiger partial charge in [-0.3, -0.25) is 4.79 Å². The van der Waals surface area contributed by atoms with Gasteiger partial charge < -0.3 is 4.74 Å². The highest BCUT2D eigenvalue weighted by atomic mass is 16.5. The minimum atomic E-state index is 0.256. The third-order valence-electron chi connectivity index (χ3n) is 1.69. The van der Waals surface area contributed by atoms with Gasteiger partial charge in [-0.05, 0) is 25.8 Å². The monoisotopic (exact) mass is 156 g/mol. The molecule has 1 unspecified atom stereocenters. The molecule has 0 N–H and O–H groups in total. The minimum absolute atomic E-state index is 0.256. The van der Waals surface area contributed by atoms with Gasteiger partial charge in [-0.1, -0.05) is 12.5 Å². The van der Waals surface area contributed by atoms with Crippen molar-refractivity contribution in [1.82, 2.24) is 0 Å². The lowest BCUT2D eigenvalue weighted by Crippen LogP contribution is -2.08. The maximum atomic E-state index is 10.1. The Balaban J connectivity index is 3.80. The van der Waals surface area contributed by atoms with Gasteiger partial charge in [0.1, 0.15) is 6.29 Å². The number of carbonyl (C=O) groups is 1. The first-order valence-electron chi connectivity index (χ1n) is 3.88. The van der Waals surface area contributed by atoms with Crippen molar-refractivity contribution in [3.63, 3.8) is 0 Å². The molecule has 0 fully saturated rings. The summed E-state index contributed by atoms with van der Waals surface area (Å²) in [6.07, 6.45) is 4.50. The Labute approximate surface area is 68.2 Å². The number of ether oxygens (including phenoxy) is 1. The van der Waals surface area contributed by atoms with Gasteiger partial charge >= 0.3 is 0 Å². The van der Waals surface area contributed by atoms with Crippen molar-refractivity contribution in [2.75, 3.05) is 7.11 Å². The van der Waals surface area contributed by atoms with Crippen LogP contribution in [0.4, 0.5) is 0 Å². The molecule has 0 aliphatic heterocycles. The lowest BCUT2D eigenvalue weighted by Gasteiger charge is -2.11. The first-order chi connectivity index (χ1) is 5.24. The summed E-state index contributed by atoms with van der Waals surface area (Å²) in [4.78, 5) is 10.1. The molecule has 0 aromatic carbocycles. The molecule has 2 heteroatoms.